The van der Waals surface area contributed by atoms with E-state index in [0.717, 1.165) is 23.1 Å². The van der Waals surface area contributed by atoms with Gasteiger partial charge in [-0.3, -0.25) is 14.5 Å². The Morgan fingerprint density at radius 3 is 2.54 bits per heavy atom. The number of aliphatic hydroxyl groups excluding tert-OH is 1. The third kappa shape index (κ3) is 3.54. The van der Waals surface area contributed by atoms with E-state index >= 15 is 0 Å². The van der Waals surface area contributed by atoms with Crippen LogP contribution in [0, 0.1) is 5.92 Å². The molecule has 1 N–H and O–H groups in total. The molecule has 1 aromatic carbocycles. The van der Waals surface area contributed by atoms with Crippen LogP contribution in [0.4, 0.5) is 18.9 Å². The average molecular weight is 393 g/mol. The van der Waals surface area contributed by atoms with Crippen molar-refractivity contribution in [3.63, 3.8) is 0 Å². The number of furan rings is 1. The number of halogens is 3. The van der Waals surface area contributed by atoms with Gasteiger partial charge >= 0.3 is 6.18 Å². The fourth-order valence-electron chi connectivity index (χ4n) is 3.19. The molecule has 1 amide bonds. The van der Waals surface area contributed by atoms with Crippen molar-refractivity contribution in [2.45, 2.75) is 32.5 Å². The van der Waals surface area contributed by atoms with Gasteiger partial charge in [-0.15, -0.1) is 0 Å². The third-order valence-electron chi connectivity index (χ3n) is 4.37. The van der Waals surface area contributed by atoms with Crippen molar-refractivity contribution in [2.75, 3.05) is 4.90 Å². The Morgan fingerprint density at radius 2 is 1.96 bits per heavy atom. The maximum absolute atomic E-state index is 13.1. The zero-order valence-corrected chi connectivity index (χ0v) is 15.2. The minimum Gasteiger partial charge on any atom is -0.503 e. The summed E-state index contributed by atoms with van der Waals surface area (Å²) in [7, 11) is 0. The molecule has 1 unspecified atom stereocenters. The molecule has 0 fully saturated rings. The first-order valence-electron chi connectivity index (χ1n) is 8.61. The Kier molecular flexibility index (Phi) is 5.06. The Bertz CT molecular complexity index is 929. The maximum Gasteiger partial charge on any atom is 0.416 e. The van der Waals surface area contributed by atoms with Crippen LogP contribution in [0.3, 0.4) is 0 Å². The number of alkyl halides is 3. The molecule has 0 saturated heterocycles. The second-order valence-electron chi connectivity index (χ2n) is 6.92. The lowest BCUT2D eigenvalue weighted by molar-refractivity contribution is -0.137. The Morgan fingerprint density at radius 1 is 1.25 bits per heavy atom. The lowest BCUT2D eigenvalue weighted by atomic mass is 9.95. The third-order valence-corrected chi connectivity index (χ3v) is 4.37. The number of hydrogen-bond acceptors (Lipinski definition) is 4. The SMILES string of the molecule is CC(C)CC(=O)C1=C(O)C(=O)N(c2cccc(C(F)(F)F)c2)C1c1ccco1. The van der Waals surface area contributed by atoms with E-state index in [2.05, 4.69) is 0 Å². The Balaban J connectivity index is 2.12. The van der Waals surface area contributed by atoms with E-state index in [-0.39, 0.29) is 29.4 Å². The first-order valence-corrected chi connectivity index (χ1v) is 8.61. The quantitative estimate of drug-likeness (QED) is 0.791. The maximum atomic E-state index is 13.1. The predicted molar refractivity (Wildman–Crippen MR) is 94.5 cm³/mol. The van der Waals surface area contributed by atoms with Crippen molar-refractivity contribution in [3.8, 4) is 0 Å². The van der Waals surface area contributed by atoms with E-state index in [9.17, 15) is 27.9 Å². The number of ketones is 1. The lowest BCUT2D eigenvalue weighted by Gasteiger charge is -2.25. The van der Waals surface area contributed by atoms with Crippen LogP contribution < -0.4 is 4.90 Å². The van der Waals surface area contributed by atoms with Crippen LogP contribution in [0.2, 0.25) is 0 Å². The molecule has 1 aliphatic rings. The summed E-state index contributed by atoms with van der Waals surface area (Å²) in [5.41, 5.74) is -1.22. The standard InChI is InChI=1S/C20H18F3NO4/c1-11(2)9-14(25)16-17(15-7-4-8-28-15)24(19(27)18(16)26)13-6-3-5-12(10-13)20(21,22)23/h3-8,10-11,17,26H,9H2,1-2H3. The van der Waals surface area contributed by atoms with E-state index in [1.54, 1.807) is 13.8 Å². The number of aliphatic hydroxyl groups is 1. The summed E-state index contributed by atoms with van der Waals surface area (Å²) in [6.07, 6.45) is -3.21. The van der Waals surface area contributed by atoms with E-state index in [0.29, 0.717) is 0 Å². The van der Waals surface area contributed by atoms with Gasteiger partial charge in [-0.1, -0.05) is 19.9 Å². The summed E-state index contributed by atoms with van der Waals surface area (Å²) in [4.78, 5) is 26.4. The molecule has 1 aliphatic heterocycles. The van der Waals surface area contributed by atoms with E-state index in [1.165, 1.54) is 24.5 Å². The van der Waals surface area contributed by atoms with Gasteiger partial charge in [-0.2, -0.15) is 13.2 Å². The normalized spacial score (nSPS) is 17.7. The molecule has 28 heavy (non-hydrogen) atoms. The predicted octanol–water partition coefficient (Wildman–Crippen LogP) is 4.81. The van der Waals surface area contributed by atoms with Crippen molar-refractivity contribution < 1.29 is 32.3 Å². The van der Waals surface area contributed by atoms with E-state index in [4.69, 9.17) is 4.42 Å². The van der Waals surface area contributed by atoms with Gasteiger partial charge < -0.3 is 9.52 Å². The number of carbonyl (C=O) groups excluding carboxylic acids is 2. The van der Waals surface area contributed by atoms with Gasteiger partial charge in [0.05, 0.1) is 17.4 Å². The summed E-state index contributed by atoms with van der Waals surface area (Å²) in [5, 5.41) is 10.4. The smallest absolute Gasteiger partial charge is 0.416 e. The number of benzene rings is 1. The van der Waals surface area contributed by atoms with Crippen molar-refractivity contribution in [2.24, 2.45) is 5.92 Å². The van der Waals surface area contributed by atoms with Crippen LogP contribution in [-0.4, -0.2) is 16.8 Å². The highest BCUT2D eigenvalue weighted by Crippen LogP contribution is 2.43. The first kappa shape index (κ1) is 19.7. The highest BCUT2D eigenvalue weighted by molar-refractivity contribution is 6.16. The number of Topliss-reactive ketones (excluding diaryl/α,β-unsaturated/α-hetero) is 1. The Hall–Kier alpha value is -3.03. The number of amides is 1. The van der Waals surface area contributed by atoms with Gasteiger partial charge in [0.15, 0.2) is 11.5 Å². The van der Waals surface area contributed by atoms with Crippen LogP contribution in [-0.2, 0) is 15.8 Å². The molecule has 0 saturated carbocycles. The topological polar surface area (TPSA) is 70.8 Å². The molecule has 0 aliphatic carbocycles. The summed E-state index contributed by atoms with van der Waals surface area (Å²) in [6, 6.07) is 6.05. The minimum atomic E-state index is -4.61. The van der Waals surface area contributed by atoms with Crippen LogP contribution in [0.25, 0.3) is 0 Å². The van der Waals surface area contributed by atoms with Crippen LogP contribution in [0.15, 0.2) is 58.4 Å². The van der Waals surface area contributed by atoms with Gasteiger partial charge in [-0.25, -0.2) is 0 Å². The molecule has 0 radical (unpaired) electrons. The second kappa shape index (κ2) is 7.18. The molecule has 0 bridgehead atoms. The summed E-state index contributed by atoms with van der Waals surface area (Å²) in [5.74, 6) is -2.06. The van der Waals surface area contributed by atoms with E-state index in [1.807, 2.05) is 0 Å². The molecule has 1 atom stereocenters. The van der Waals surface area contributed by atoms with Crippen molar-refractivity contribution >= 4 is 17.4 Å². The van der Waals surface area contributed by atoms with Crippen molar-refractivity contribution in [3.05, 3.63) is 65.3 Å². The zero-order chi connectivity index (χ0) is 20.6. The van der Waals surface area contributed by atoms with Gasteiger partial charge in [0.25, 0.3) is 5.91 Å². The number of hydrogen-bond donors (Lipinski definition) is 1. The number of rotatable bonds is 5. The minimum absolute atomic E-state index is 0.0391. The summed E-state index contributed by atoms with van der Waals surface area (Å²) >= 11 is 0. The monoisotopic (exact) mass is 393 g/mol. The highest BCUT2D eigenvalue weighted by Gasteiger charge is 2.46. The van der Waals surface area contributed by atoms with E-state index < -0.39 is 35.2 Å². The van der Waals surface area contributed by atoms with Gasteiger partial charge in [-0.05, 0) is 36.2 Å². The Labute approximate surface area is 159 Å². The largest absolute Gasteiger partial charge is 0.503 e. The zero-order valence-electron chi connectivity index (χ0n) is 15.2. The number of nitrogens with zero attached hydrogens (tertiary/aromatic N) is 1. The molecule has 3 rings (SSSR count). The number of carbonyl (C=O) groups is 2. The fourth-order valence-corrected chi connectivity index (χ4v) is 3.19. The summed E-state index contributed by atoms with van der Waals surface area (Å²) < 4.78 is 44.7. The lowest BCUT2D eigenvalue weighted by Crippen LogP contribution is -2.31. The molecule has 8 heteroatoms. The van der Waals surface area contributed by atoms with Crippen molar-refractivity contribution in [1.82, 2.24) is 0 Å². The highest BCUT2D eigenvalue weighted by atomic mass is 19.4. The van der Waals surface area contributed by atoms with Crippen LogP contribution in [0.5, 0.6) is 0 Å². The van der Waals surface area contributed by atoms with Gasteiger partial charge in [0, 0.05) is 12.1 Å². The van der Waals surface area contributed by atoms with Crippen molar-refractivity contribution in [1.29, 1.82) is 0 Å². The molecule has 1 aromatic heterocycles. The van der Waals surface area contributed by atoms with Crippen LogP contribution >= 0.6 is 0 Å². The molecular formula is C20H18F3NO4. The molecule has 2 aromatic rings. The fraction of sp³-hybridized carbons (Fsp3) is 0.300. The molecule has 0 spiro atoms. The van der Waals surface area contributed by atoms with Crippen LogP contribution in [0.1, 0.15) is 37.6 Å². The molecule has 2 heterocycles. The van der Waals surface area contributed by atoms with Gasteiger partial charge in [0.2, 0.25) is 0 Å². The number of anilines is 1. The second-order valence-corrected chi connectivity index (χ2v) is 6.92. The first-order chi connectivity index (χ1) is 13.1. The average Bonchev–Trinajstić information content (AvgIpc) is 3.21. The molecule has 148 valence electrons. The molecule has 5 nitrogen and oxygen atoms in total. The summed E-state index contributed by atoms with van der Waals surface area (Å²) in [6.45, 7) is 3.61. The molecular weight excluding hydrogens is 375 g/mol. The van der Waals surface area contributed by atoms with Gasteiger partial charge in [0.1, 0.15) is 11.8 Å².